The molecule has 0 aliphatic heterocycles. The fourth-order valence-corrected chi connectivity index (χ4v) is 2.42. The number of hydrogen-bond donors (Lipinski definition) is 2. The van der Waals surface area contributed by atoms with Crippen LogP contribution in [0.2, 0.25) is 5.02 Å². The number of hydrazine groups is 1. The molecule has 1 unspecified atom stereocenters. The summed E-state index contributed by atoms with van der Waals surface area (Å²) < 4.78 is 0. The van der Waals surface area contributed by atoms with Crippen molar-refractivity contribution in [3.63, 3.8) is 0 Å². The Morgan fingerprint density at radius 1 is 1.15 bits per heavy atom. The molecule has 2 aromatic carbocycles. The minimum absolute atomic E-state index is 0.0124. The molecule has 0 spiro atoms. The zero-order valence-corrected chi connectivity index (χ0v) is 15.0. The Bertz CT molecular complexity index is 810. The van der Waals surface area contributed by atoms with Crippen molar-refractivity contribution >= 4 is 11.6 Å². The summed E-state index contributed by atoms with van der Waals surface area (Å²) in [5.74, 6) is 0.512. The predicted molar refractivity (Wildman–Crippen MR) is 105 cm³/mol. The molecule has 0 aliphatic rings. The summed E-state index contributed by atoms with van der Waals surface area (Å²) in [7, 11) is 0. The highest BCUT2D eigenvalue weighted by atomic mass is 35.5. The van der Waals surface area contributed by atoms with Crippen LogP contribution in [-0.4, -0.2) is 0 Å². The number of halogens is 1. The summed E-state index contributed by atoms with van der Waals surface area (Å²) in [6.45, 7) is 3.64. The van der Waals surface area contributed by atoms with Crippen LogP contribution >= 0.6 is 11.6 Å². The van der Waals surface area contributed by atoms with Crippen molar-refractivity contribution in [3.05, 3.63) is 102 Å². The van der Waals surface area contributed by atoms with E-state index in [1.807, 2.05) is 54.6 Å². The lowest BCUT2D eigenvalue weighted by molar-refractivity contribution is 0.132. The van der Waals surface area contributed by atoms with Crippen molar-refractivity contribution in [2.45, 2.75) is 12.5 Å². The maximum absolute atomic E-state index is 8.90. The van der Waals surface area contributed by atoms with Crippen LogP contribution in [0.4, 0.5) is 0 Å². The minimum atomic E-state index is 0.0124. The molecule has 0 bridgehead atoms. The van der Waals surface area contributed by atoms with Crippen LogP contribution in [0.15, 0.2) is 85.5 Å². The lowest BCUT2D eigenvalue weighted by atomic mass is 10.0. The van der Waals surface area contributed by atoms with Crippen LogP contribution in [0, 0.1) is 11.3 Å². The highest BCUT2D eigenvalue weighted by Gasteiger charge is 2.09. The van der Waals surface area contributed by atoms with Crippen molar-refractivity contribution in [2.75, 3.05) is 0 Å². The number of nitriles is 1. The quantitative estimate of drug-likeness (QED) is 0.483. The fourth-order valence-electron chi connectivity index (χ4n) is 2.21. The van der Waals surface area contributed by atoms with E-state index in [9.17, 15) is 0 Å². The summed E-state index contributed by atoms with van der Waals surface area (Å²) in [6, 6.07) is 17.0. The van der Waals surface area contributed by atoms with Gasteiger partial charge in [-0.1, -0.05) is 84.5 Å². The molecule has 2 N–H and O–H groups in total. The first-order chi connectivity index (χ1) is 12.7. The summed E-state index contributed by atoms with van der Waals surface area (Å²) >= 11 is 6.00. The highest BCUT2D eigenvalue weighted by molar-refractivity contribution is 6.31. The van der Waals surface area contributed by atoms with Crippen LogP contribution in [0.1, 0.15) is 23.6 Å². The van der Waals surface area contributed by atoms with Crippen molar-refractivity contribution in [1.29, 1.82) is 5.26 Å². The predicted octanol–water partition coefficient (Wildman–Crippen LogP) is 5.03. The molecule has 2 rings (SSSR count). The molecule has 132 valence electrons. The second kappa shape index (κ2) is 10.9. The van der Waals surface area contributed by atoms with E-state index in [0.717, 1.165) is 12.0 Å². The summed E-state index contributed by atoms with van der Waals surface area (Å²) in [5.41, 5.74) is 7.44. The lowest BCUT2D eigenvalue weighted by Crippen LogP contribution is -2.37. The molecule has 0 saturated carbocycles. The van der Waals surface area contributed by atoms with Crippen LogP contribution < -0.4 is 15.9 Å². The molecule has 0 aliphatic carbocycles. The molecule has 0 fully saturated rings. The molecule has 0 radical (unpaired) electrons. The Labute approximate surface area is 159 Å². The third-order valence-electron chi connectivity index (χ3n) is 3.53. The van der Waals surface area contributed by atoms with Gasteiger partial charge in [-0.3, -0.25) is 0 Å². The van der Waals surface area contributed by atoms with Gasteiger partial charge < -0.3 is 4.84 Å². The second-order valence-electron chi connectivity index (χ2n) is 5.35. The maximum Gasteiger partial charge on any atom is 0.150 e. The van der Waals surface area contributed by atoms with Crippen molar-refractivity contribution in [2.24, 2.45) is 0 Å². The Hall–Kier alpha value is -2.84. The average Bonchev–Trinajstić information content (AvgIpc) is 2.67. The summed E-state index contributed by atoms with van der Waals surface area (Å²) in [4.78, 5) is 5.48. The van der Waals surface area contributed by atoms with Gasteiger partial charge in [-0.15, -0.1) is 0 Å². The third kappa shape index (κ3) is 6.23. The van der Waals surface area contributed by atoms with Crippen molar-refractivity contribution in [3.8, 4) is 11.8 Å². The van der Waals surface area contributed by atoms with E-state index in [2.05, 4.69) is 23.7 Å². The van der Waals surface area contributed by atoms with Gasteiger partial charge in [0.05, 0.1) is 16.6 Å². The normalized spacial score (nSPS) is 12.2. The van der Waals surface area contributed by atoms with Crippen molar-refractivity contribution < 1.29 is 4.84 Å². The summed E-state index contributed by atoms with van der Waals surface area (Å²) in [6.07, 6.45) is 10.3. The van der Waals surface area contributed by atoms with E-state index in [0.29, 0.717) is 16.3 Å². The van der Waals surface area contributed by atoms with Gasteiger partial charge >= 0.3 is 0 Å². The van der Waals surface area contributed by atoms with Crippen LogP contribution in [-0.2, 0) is 0 Å². The molecule has 0 saturated heterocycles. The summed E-state index contributed by atoms with van der Waals surface area (Å²) in [5, 5.41) is 9.25. The zero-order chi connectivity index (χ0) is 18.6. The van der Waals surface area contributed by atoms with E-state index >= 15 is 0 Å². The molecule has 4 nitrogen and oxygen atoms in total. The molecule has 1 atom stereocenters. The molecule has 0 aromatic heterocycles. The Morgan fingerprint density at radius 2 is 1.96 bits per heavy atom. The average molecular weight is 366 g/mol. The lowest BCUT2D eigenvalue weighted by Gasteiger charge is -2.18. The standard InChI is InChI=1S/C21H20ClN3O/c1-2-3-4-5-9-12-21(17-10-7-6-8-11-17)24-25-26-19-14-13-18(16-23)20(22)15-19/h2-11,13-15,21,24-25H,1,12H2/b4-3-,9-5-. The number of benzene rings is 2. The maximum atomic E-state index is 8.90. The number of rotatable bonds is 9. The molecular formula is C21H20ClN3O. The zero-order valence-electron chi connectivity index (χ0n) is 14.2. The third-order valence-corrected chi connectivity index (χ3v) is 3.84. The van der Waals surface area contributed by atoms with Crippen LogP contribution in [0.25, 0.3) is 0 Å². The van der Waals surface area contributed by atoms with Gasteiger partial charge in [-0.25, -0.2) is 5.43 Å². The van der Waals surface area contributed by atoms with E-state index in [1.54, 1.807) is 24.3 Å². The number of nitrogens with zero attached hydrogens (tertiary/aromatic N) is 1. The van der Waals surface area contributed by atoms with E-state index in [4.69, 9.17) is 21.7 Å². The van der Waals surface area contributed by atoms with Gasteiger partial charge in [0.15, 0.2) is 5.75 Å². The molecular weight excluding hydrogens is 346 g/mol. The van der Waals surface area contributed by atoms with Gasteiger partial charge in [0.2, 0.25) is 0 Å². The minimum Gasteiger partial charge on any atom is -0.394 e. The number of nitrogens with one attached hydrogen (secondary N) is 2. The van der Waals surface area contributed by atoms with Gasteiger partial charge in [0.1, 0.15) is 6.07 Å². The molecule has 0 heterocycles. The second-order valence-corrected chi connectivity index (χ2v) is 5.76. The first-order valence-electron chi connectivity index (χ1n) is 8.10. The first kappa shape index (κ1) is 19.5. The van der Waals surface area contributed by atoms with Gasteiger partial charge in [0, 0.05) is 6.07 Å². The Kier molecular flexibility index (Phi) is 8.17. The highest BCUT2D eigenvalue weighted by Crippen LogP contribution is 2.21. The Morgan fingerprint density at radius 3 is 2.65 bits per heavy atom. The topological polar surface area (TPSA) is 57.1 Å². The monoisotopic (exact) mass is 365 g/mol. The SMILES string of the molecule is C=C/C=C\C=C/CC(NNOc1ccc(C#N)c(Cl)c1)c1ccccc1. The Balaban J connectivity index is 1.97. The number of allylic oxidation sites excluding steroid dienone is 4. The van der Waals surface area contributed by atoms with Crippen LogP contribution in [0.5, 0.6) is 5.75 Å². The van der Waals surface area contributed by atoms with E-state index < -0.39 is 0 Å². The van der Waals surface area contributed by atoms with E-state index in [1.165, 1.54) is 0 Å². The molecule has 0 amide bonds. The molecule has 2 aromatic rings. The van der Waals surface area contributed by atoms with Gasteiger partial charge in [0.25, 0.3) is 0 Å². The van der Waals surface area contributed by atoms with Crippen LogP contribution in [0.3, 0.4) is 0 Å². The van der Waals surface area contributed by atoms with Gasteiger partial charge in [-0.2, -0.15) is 5.26 Å². The van der Waals surface area contributed by atoms with Crippen molar-refractivity contribution in [1.82, 2.24) is 11.0 Å². The van der Waals surface area contributed by atoms with Gasteiger partial charge in [-0.05, 0) is 24.1 Å². The first-order valence-corrected chi connectivity index (χ1v) is 8.48. The smallest absolute Gasteiger partial charge is 0.150 e. The van der Waals surface area contributed by atoms with E-state index in [-0.39, 0.29) is 6.04 Å². The molecule has 5 heteroatoms. The number of hydrogen-bond acceptors (Lipinski definition) is 4. The largest absolute Gasteiger partial charge is 0.394 e. The fraction of sp³-hybridized carbons (Fsp3) is 0.0952. The molecule has 26 heavy (non-hydrogen) atoms.